The first-order valence-corrected chi connectivity index (χ1v) is 13.6. The molecule has 1 amide bonds. The van der Waals surface area contributed by atoms with Crippen molar-refractivity contribution in [3.05, 3.63) is 41.7 Å². The average Bonchev–Trinajstić information content (AvgIpc) is 3.66. The monoisotopic (exact) mass is 479 g/mol. The molecule has 4 heterocycles. The summed E-state index contributed by atoms with van der Waals surface area (Å²) in [6, 6.07) is 2.59. The minimum atomic E-state index is -0.731. The Morgan fingerprint density at radius 3 is 2.63 bits per heavy atom. The largest absolute Gasteiger partial charge is 0.340 e. The molecule has 3 aliphatic heterocycles. The van der Waals surface area contributed by atoms with Gasteiger partial charge in [-0.15, -0.1) is 0 Å². The summed E-state index contributed by atoms with van der Waals surface area (Å²) in [6.45, 7) is 8.15. The number of halogens is 1. The Hall–Kier alpha value is -2.25. The van der Waals surface area contributed by atoms with Crippen LogP contribution in [0.25, 0.3) is 5.57 Å². The van der Waals surface area contributed by atoms with Crippen LogP contribution in [0.3, 0.4) is 0 Å². The number of likely N-dealkylation sites (tertiary alicyclic amines) is 1. The van der Waals surface area contributed by atoms with Crippen molar-refractivity contribution < 1.29 is 9.18 Å². The molecule has 0 spiro atoms. The van der Waals surface area contributed by atoms with Gasteiger partial charge in [-0.1, -0.05) is 25.2 Å². The molecule has 2 aliphatic carbocycles. The fourth-order valence-corrected chi connectivity index (χ4v) is 6.43. The van der Waals surface area contributed by atoms with Gasteiger partial charge in [0.25, 0.3) is 0 Å². The van der Waals surface area contributed by atoms with Crippen LogP contribution in [0.5, 0.6) is 0 Å². The average molecular weight is 480 g/mol. The minimum Gasteiger partial charge on any atom is -0.340 e. The molecule has 0 bridgehead atoms. The van der Waals surface area contributed by atoms with Gasteiger partial charge < -0.3 is 9.80 Å². The molecule has 7 heteroatoms. The number of rotatable bonds is 5. The lowest BCUT2D eigenvalue weighted by atomic mass is 9.78. The number of nitrogens with zero attached hydrogens (tertiary/aromatic N) is 5. The normalized spacial score (nSPS) is 31.9. The number of piperidine rings is 1. The highest BCUT2D eigenvalue weighted by Gasteiger charge is 2.37. The summed E-state index contributed by atoms with van der Waals surface area (Å²) in [5.74, 6) is 1.10. The quantitative estimate of drug-likeness (QED) is 0.642. The van der Waals surface area contributed by atoms with Crippen molar-refractivity contribution >= 4 is 17.7 Å². The number of alkyl halides is 1. The molecular weight excluding hydrogens is 441 g/mol. The van der Waals surface area contributed by atoms with Crippen molar-refractivity contribution in [2.45, 2.75) is 51.2 Å². The van der Waals surface area contributed by atoms with Crippen LogP contribution in [0.15, 0.2) is 35.6 Å². The van der Waals surface area contributed by atoms with E-state index in [2.05, 4.69) is 57.2 Å². The summed E-state index contributed by atoms with van der Waals surface area (Å²) in [4.78, 5) is 19.2. The third-order valence-electron chi connectivity index (χ3n) is 8.84. The summed E-state index contributed by atoms with van der Waals surface area (Å²) in [5.41, 5.74) is 3.65. The Kier molecular flexibility index (Phi) is 6.39. The van der Waals surface area contributed by atoms with Gasteiger partial charge >= 0.3 is 0 Å². The summed E-state index contributed by atoms with van der Waals surface area (Å²) in [7, 11) is 0. The van der Waals surface area contributed by atoms with Gasteiger partial charge in [-0.3, -0.25) is 9.69 Å². The van der Waals surface area contributed by atoms with Crippen LogP contribution in [-0.4, -0.2) is 83.5 Å². The molecule has 188 valence electrons. The van der Waals surface area contributed by atoms with Crippen molar-refractivity contribution in [1.29, 1.82) is 0 Å². The fourth-order valence-electron chi connectivity index (χ4n) is 6.43. The summed E-state index contributed by atoms with van der Waals surface area (Å²) < 4.78 is 16.9. The first kappa shape index (κ1) is 23.2. The maximum atomic E-state index is 14.8. The van der Waals surface area contributed by atoms with E-state index in [1.165, 1.54) is 16.8 Å². The highest BCUT2D eigenvalue weighted by Crippen LogP contribution is 2.37. The lowest BCUT2D eigenvalue weighted by Gasteiger charge is -2.39. The number of hydrogen-bond acceptors (Lipinski definition) is 4. The van der Waals surface area contributed by atoms with Gasteiger partial charge in [0.1, 0.15) is 6.17 Å². The van der Waals surface area contributed by atoms with Crippen LogP contribution in [0, 0.1) is 17.8 Å². The number of aromatic nitrogens is 1. The fraction of sp³-hybridized carbons (Fsp3) is 0.643. The molecule has 1 saturated carbocycles. The molecule has 0 radical (unpaired) electrons. The highest BCUT2D eigenvalue weighted by molar-refractivity contribution is 5.81. The Balaban J connectivity index is 1.10. The maximum Gasteiger partial charge on any atom is 0.225 e. The maximum absolute atomic E-state index is 14.8. The summed E-state index contributed by atoms with van der Waals surface area (Å²) >= 11 is 0. The van der Waals surface area contributed by atoms with Crippen molar-refractivity contribution in [2.75, 3.05) is 45.8 Å². The Bertz CT molecular complexity index is 1030. The topological polar surface area (TPSA) is 44.1 Å². The Labute approximate surface area is 208 Å². The molecule has 1 aromatic heterocycles. The van der Waals surface area contributed by atoms with Crippen molar-refractivity contribution in [1.82, 2.24) is 19.4 Å². The van der Waals surface area contributed by atoms with Crippen molar-refractivity contribution in [2.24, 2.45) is 22.9 Å². The van der Waals surface area contributed by atoms with E-state index in [9.17, 15) is 9.18 Å². The summed E-state index contributed by atoms with van der Waals surface area (Å²) in [5, 5.41) is 4.64. The number of allylic oxidation sites excluding steroid dienone is 4. The van der Waals surface area contributed by atoms with Crippen LogP contribution in [-0.2, 0) is 4.79 Å². The standard InChI is InChI=1S/C28H38FN5O/c1-2-31-12-10-24(25(29)19-31)21-5-3-20(4-6-21)23-17-27-26(9-11-30-34(27)18-23)32-13-15-33(16-14-32)28(35)22-7-8-22/h3-5,11,17-18,21-22,24-26H,2,6-10,12-16,19H2,1H3/t21?,24-,25?,26?/m1/s1. The zero-order valence-electron chi connectivity index (χ0n) is 20.9. The SMILES string of the molecule is CCN1CC[C@H](C2C=CC(c3cc4n(c3)N=CCC4N3CCN(C(=O)C4CC4)CC3)=CC2)C(F)C1. The minimum absolute atomic E-state index is 0.133. The van der Waals surface area contributed by atoms with Crippen LogP contribution in [0.1, 0.15) is 56.3 Å². The van der Waals surface area contributed by atoms with E-state index in [4.69, 9.17) is 0 Å². The molecule has 6 nitrogen and oxygen atoms in total. The smallest absolute Gasteiger partial charge is 0.225 e. The second kappa shape index (κ2) is 9.66. The van der Waals surface area contributed by atoms with Crippen LogP contribution in [0.4, 0.5) is 4.39 Å². The van der Waals surface area contributed by atoms with Gasteiger partial charge in [0.15, 0.2) is 0 Å². The van der Waals surface area contributed by atoms with Crippen LogP contribution < -0.4 is 0 Å². The molecule has 35 heavy (non-hydrogen) atoms. The number of piperazine rings is 1. The molecule has 0 aromatic carbocycles. The van der Waals surface area contributed by atoms with Crippen molar-refractivity contribution in [3.63, 3.8) is 0 Å². The third kappa shape index (κ3) is 4.65. The zero-order valence-corrected chi connectivity index (χ0v) is 20.9. The van der Waals surface area contributed by atoms with E-state index in [1.54, 1.807) is 0 Å². The predicted molar refractivity (Wildman–Crippen MR) is 137 cm³/mol. The Morgan fingerprint density at radius 1 is 1.11 bits per heavy atom. The predicted octanol–water partition coefficient (Wildman–Crippen LogP) is 3.96. The molecule has 5 aliphatic rings. The molecule has 2 saturated heterocycles. The molecule has 6 rings (SSSR count). The number of fused-ring (bicyclic) bond motifs is 1. The van der Waals surface area contributed by atoms with E-state index < -0.39 is 6.17 Å². The number of carbonyl (C=O) groups is 1. The van der Waals surface area contributed by atoms with Crippen molar-refractivity contribution in [3.8, 4) is 0 Å². The van der Waals surface area contributed by atoms with E-state index in [-0.39, 0.29) is 5.92 Å². The van der Waals surface area contributed by atoms with E-state index in [1.807, 2.05) is 10.9 Å². The number of hydrogen-bond donors (Lipinski definition) is 0. The van der Waals surface area contributed by atoms with E-state index in [0.717, 1.165) is 71.4 Å². The van der Waals surface area contributed by atoms with Crippen LogP contribution in [0.2, 0.25) is 0 Å². The lowest BCUT2D eigenvalue weighted by molar-refractivity contribution is -0.134. The molecule has 3 fully saturated rings. The zero-order chi connectivity index (χ0) is 23.9. The van der Waals surface area contributed by atoms with Crippen LogP contribution >= 0.6 is 0 Å². The van der Waals surface area contributed by atoms with Gasteiger partial charge in [-0.25, -0.2) is 9.07 Å². The van der Waals surface area contributed by atoms with Gasteiger partial charge in [0.05, 0.1) is 11.7 Å². The molecule has 0 N–H and O–H groups in total. The number of carbonyl (C=O) groups excluding carboxylic acids is 1. The molecule has 1 aromatic rings. The van der Waals surface area contributed by atoms with Gasteiger partial charge in [0.2, 0.25) is 5.91 Å². The molecular formula is C28H38FN5O. The molecule has 3 unspecified atom stereocenters. The second-order valence-electron chi connectivity index (χ2n) is 11.0. The first-order chi connectivity index (χ1) is 17.1. The van der Waals surface area contributed by atoms with Gasteiger partial charge in [-0.2, -0.15) is 5.10 Å². The van der Waals surface area contributed by atoms with Gasteiger partial charge in [0, 0.05) is 63.0 Å². The van der Waals surface area contributed by atoms with Gasteiger partial charge in [-0.05, 0) is 62.2 Å². The third-order valence-corrected chi connectivity index (χ3v) is 8.84. The lowest BCUT2D eigenvalue weighted by Crippen LogP contribution is -2.50. The highest BCUT2D eigenvalue weighted by atomic mass is 19.1. The summed E-state index contributed by atoms with van der Waals surface area (Å²) in [6.07, 6.45) is 15.1. The van der Waals surface area contributed by atoms with E-state index in [0.29, 0.717) is 30.3 Å². The molecule has 4 atom stereocenters. The number of amides is 1. The van der Waals surface area contributed by atoms with E-state index >= 15 is 0 Å². The first-order valence-electron chi connectivity index (χ1n) is 13.6. The Morgan fingerprint density at radius 2 is 1.94 bits per heavy atom. The second-order valence-corrected chi connectivity index (χ2v) is 11.0.